The molecule has 2 aromatic rings. The molecule has 4 heteroatoms. The molecule has 0 aliphatic carbocycles. The van der Waals surface area contributed by atoms with E-state index in [1.54, 1.807) is 7.11 Å². The number of nitrogens with zero attached hydrogens (tertiary/aromatic N) is 1. The van der Waals surface area contributed by atoms with Gasteiger partial charge in [0.2, 0.25) is 0 Å². The Morgan fingerprint density at radius 2 is 2.05 bits per heavy atom. The van der Waals surface area contributed by atoms with Crippen molar-refractivity contribution in [1.82, 2.24) is 9.97 Å². The number of hydrogen-bond acceptors (Lipinski definition) is 3. The number of methoxy groups -OCH3 is 1. The van der Waals surface area contributed by atoms with Crippen LogP contribution in [0, 0.1) is 4.64 Å². The van der Waals surface area contributed by atoms with Gasteiger partial charge in [0, 0.05) is 12.8 Å². The molecule has 2 rings (SSSR count). The van der Waals surface area contributed by atoms with Crippen LogP contribution in [-0.4, -0.2) is 17.1 Å². The Kier molecular flexibility index (Phi) is 4.82. The van der Waals surface area contributed by atoms with Crippen LogP contribution in [0.5, 0.6) is 0 Å². The molecule has 1 N–H and O–H groups in total. The van der Waals surface area contributed by atoms with Gasteiger partial charge in [-0.25, -0.2) is 4.98 Å². The largest absolute Gasteiger partial charge is 0.374 e. The average Bonchev–Trinajstić information content (AvgIpc) is 2.45. The van der Waals surface area contributed by atoms with E-state index >= 15 is 0 Å². The molecule has 1 aromatic carbocycles. The van der Waals surface area contributed by atoms with E-state index in [0.717, 1.165) is 29.9 Å². The lowest BCUT2D eigenvalue weighted by atomic mass is 10.1. The number of rotatable bonds is 5. The summed E-state index contributed by atoms with van der Waals surface area (Å²) in [6, 6.07) is 12.0. The Balaban J connectivity index is 2.42. The van der Waals surface area contributed by atoms with E-state index in [9.17, 15) is 0 Å². The van der Waals surface area contributed by atoms with Crippen molar-refractivity contribution < 1.29 is 4.74 Å². The minimum absolute atomic E-state index is 0.0321. The van der Waals surface area contributed by atoms with Crippen molar-refractivity contribution in [2.24, 2.45) is 0 Å². The van der Waals surface area contributed by atoms with Crippen LogP contribution in [-0.2, 0) is 4.74 Å². The molecule has 100 valence electrons. The fourth-order valence-corrected chi connectivity index (χ4v) is 2.25. The predicted molar refractivity (Wildman–Crippen MR) is 79.5 cm³/mol. The van der Waals surface area contributed by atoms with E-state index in [1.807, 2.05) is 36.4 Å². The molecule has 3 nitrogen and oxygen atoms in total. The minimum Gasteiger partial charge on any atom is -0.374 e. The van der Waals surface area contributed by atoms with Gasteiger partial charge in [0.1, 0.15) is 16.6 Å². The molecule has 1 atom stereocenters. The van der Waals surface area contributed by atoms with Crippen molar-refractivity contribution in [2.75, 3.05) is 7.11 Å². The van der Waals surface area contributed by atoms with Crippen molar-refractivity contribution in [3.8, 4) is 11.3 Å². The molecule has 0 fully saturated rings. The summed E-state index contributed by atoms with van der Waals surface area (Å²) >= 11 is 5.25. The maximum atomic E-state index is 5.48. The highest BCUT2D eigenvalue weighted by molar-refractivity contribution is 7.71. The number of nitrogens with one attached hydrogen (secondary N) is 1. The summed E-state index contributed by atoms with van der Waals surface area (Å²) in [6.07, 6.45) is 1.93. The molecule has 0 aliphatic rings. The lowest BCUT2D eigenvalue weighted by Crippen LogP contribution is -2.07. The van der Waals surface area contributed by atoms with Crippen LogP contribution in [0.15, 0.2) is 36.4 Å². The van der Waals surface area contributed by atoms with Crippen LogP contribution in [0.3, 0.4) is 0 Å². The molecular formula is C15H18N2OS. The Bertz CT molecular complexity index is 580. The van der Waals surface area contributed by atoms with Crippen LogP contribution in [0.1, 0.15) is 31.7 Å². The van der Waals surface area contributed by atoms with Crippen molar-refractivity contribution >= 4 is 12.2 Å². The fourth-order valence-electron chi connectivity index (χ4n) is 2.03. The molecule has 0 bridgehead atoms. The first-order valence-electron chi connectivity index (χ1n) is 6.44. The first-order chi connectivity index (χ1) is 9.24. The van der Waals surface area contributed by atoms with Gasteiger partial charge in [0.15, 0.2) is 0 Å². The van der Waals surface area contributed by atoms with Crippen LogP contribution >= 0.6 is 12.2 Å². The molecule has 0 saturated carbocycles. The van der Waals surface area contributed by atoms with Gasteiger partial charge in [-0.05, 0) is 18.1 Å². The number of H-pyrrole nitrogens is 1. The fraction of sp³-hybridized carbons (Fsp3) is 0.333. The van der Waals surface area contributed by atoms with Crippen LogP contribution in [0.2, 0.25) is 0 Å². The number of benzene rings is 1. The van der Waals surface area contributed by atoms with Crippen molar-refractivity contribution in [2.45, 2.75) is 25.9 Å². The minimum atomic E-state index is -0.0321. The maximum Gasteiger partial charge on any atom is 0.137 e. The van der Waals surface area contributed by atoms with Gasteiger partial charge in [0.05, 0.1) is 0 Å². The normalized spacial score (nSPS) is 12.3. The molecule has 0 aliphatic heterocycles. The molecule has 1 aromatic heterocycles. The first kappa shape index (κ1) is 13.9. The van der Waals surface area contributed by atoms with E-state index in [4.69, 9.17) is 17.0 Å². The molecule has 19 heavy (non-hydrogen) atoms. The van der Waals surface area contributed by atoms with Crippen molar-refractivity contribution in [1.29, 1.82) is 0 Å². The highest BCUT2D eigenvalue weighted by Crippen LogP contribution is 2.22. The summed E-state index contributed by atoms with van der Waals surface area (Å²) in [4.78, 5) is 7.72. The zero-order chi connectivity index (χ0) is 13.7. The molecule has 1 unspecified atom stereocenters. The second-order valence-electron chi connectivity index (χ2n) is 4.40. The van der Waals surface area contributed by atoms with Gasteiger partial charge in [-0.1, -0.05) is 55.9 Å². The van der Waals surface area contributed by atoms with Gasteiger partial charge in [-0.3, -0.25) is 0 Å². The van der Waals surface area contributed by atoms with E-state index in [-0.39, 0.29) is 6.10 Å². The van der Waals surface area contributed by atoms with E-state index < -0.39 is 0 Å². The molecular weight excluding hydrogens is 256 g/mol. The SMILES string of the molecule is CCCC(OC)c1nc(=S)cc(-c2ccccc2)[nH]1. The predicted octanol–water partition coefficient (Wildman–Crippen LogP) is 4.29. The number of ether oxygens (including phenoxy) is 1. The van der Waals surface area contributed by atoms with Gasteiger partial charge >= 0.3 is 0 Å². The second-order valence-corrected chi connectivity index (χ2v) is 4.82. The number of hydrogen-bond donors (Lipinski definition) is 1. The van der Waals surface area contributed by atoms with Gasteiger partial charge in [0.25, 0.3) is 0 Å². The first-order valence-corrected chi connectivity index (χ1v) is 6.85. The Hall–Kier alpha value is -1.52. The van der Waals surface area contributed by atoms with Gasteiger partial charge in [-0.15, -0.1) is 0 Å². The van der Waals surface area contributed by atoms with Gasteiger partial charge in [-0.2, -0.15) is 0 Å². The lowest BCUT2D eigenvalue weighted by Gasteiger charge is -2.15. The zero-order valence-corrected chi connectivity index (χ0v) is 12.0. The monoisotopic (exact) mass is 274 g/mol. The molecule has 0 spiro atoms. The standard InChI is InChI=1S/C15H18N2OS/c1-3-7-13(18-2)15-16-12(10-14(19)17-15)11-8-5-4-6-9-11/h4-6,8-10,13H,3,7H2,1-2H3,(H,16,17,19). The summed E-state index contributed by atoms with van der Waals surface area (Å²) in [6.45, 7) is 2.13. The van der Waals surface area contributed by atoms with Crippen LogP contribution in [0.4, 0.5) is 0 Å². The summed E-state index contributed by atoms with van der Waals surface area (Å²) in [5, 5.41) is 0. The maximum absolute atomic E-state index is 5.48. The molecule has 0 radical (unpaired) electrons. The van der Waals surface area contributed by atoms with E-state index in [0.29, 0.717) is 4.64 Å². The molecule has 0 saturated heterocycles. The lowest BCUT2D eigenvalue weighted by molar-refractivity contribution is 0.0876. The summed E-state index contributed by atoms with van der Waals surface area (Å²) in [5.41, 5.74) is 2.08. The van der Waals surface area contributed by atoms with E-state index in [1.165, 1.54) is 0 Å². The molecule has 1 heterocycles. The van der Waals surface area contributed by atoms with Crippen LogP contribution < -0.4 is 0 Å². The Morgan fingerprint density at radius 1 is 1.32 bits per heavy atom. The number of aromatic amines is 1. The third-order valence-electron chi connectivity index (χ3n) is 2.99. The zero-order valence-electron chi connectivity index (χ0n) is 11.2. The topological polar surface area (TPSA) is 37.9 Å². The summed E-state index contributed by atoms with van der Waals surface area (Å²) in [5.74, 6) is 0.802. The quantitative estimate of drug-likeness (QED) is 0.826. The third kappa shape index (κ3) is 3.49. The summed E-state index contributed by atoms with van der Waals surface area (Å²) < 4.78 is 6.07. The van der Waals surface area contributed by atoms with Crippen molar-refractivity contribution in [3.05, 3.63) is 46.9 Å². The third-order valence-corrected chi connectivity index (χ3v) is 3.20. The van der Waals surface area contributed by atoms with Crippen LogP contribution in [0.25, 0.3) is 11.3 Å². The second kappa shape index (κ2) is 6.59. The highest BCUT2D eigenvalue weighted by Gasteiger charge is 2.13. The van der Waals surface area contributed by atoms with E-state index in [2.05, 4.69) is 16.9 Å². The average molecular weight is 274 g/mol. The highest BCUT2D eigenvalue weighted by atomic mass is 32.1. The number of aromatic nitrogens is 2. The van der Waals surface area contributed by atoms with Crippen molar-refractivity contribution in [3.63, 3.8) is 0 Å². The Labute approximate surface area is 118 Å². The summed E-state index contributed by atoms with van der Waals surface area (Å²) in [7, 11) is 1.70. The molecule has 0 amide bonds. The smallest absolute Gasteiger partial charge is 0.137 e. The Morgan fingerprint density at radius 3 is 2.68 bits per heavy atom. The van der Waals surface area contributed by atoms with Gasteiger partial charge < -0.3 is 9.72 Å².